The molecule has 4 nitrogen and oxygen atoms in total. The molecule has 2 aromatic rings. The molecule has 1 aliphatic carbocycles. The summed E-state index contributed by atoms with van der Waals surface area (Å²) in [4.78, 5) is 0. The molecular formula is C15H16FN3O. The fraction of sp³-hybridized carbons (Fsp3) is 0.333. The molecule has 0 radical (unpaired) electrons. The van der Waals surface area contributed by atoms with Gasteiger partial charge in [0, 0.05) is 24.2 Å². The van der Waals surface area contributed by atoms with Crippen molar-refractivity contribution in [1.29, 1.82) is 0 Å². The highest BCUT2D eigenvalue weighted by molar-refractivity contribution is 5.18. The lowest BCUT2D eigenvalue weighted by molar-refractivity contribution is 0.284. The van der Waals surface area contributed by atoms with Gasteiger partial charge >= 0.3 is 0 Å². The van der Waals surface area contributed by atoms with E-state index in [9.17, 15) is 4.39 Å². The summed E-state index contributed by atoms with van der Waals surface area (Å²) in [6, 6.07) is 10.8. The van der Waals surface area contributed by atoms with E-state index >= 15 is 0 Å². The number of rotatable bonds is 6. The molecule has 1 heterocycles. The van der Waals surface area contributed by atoms with E-state index in [2.05, 4.69) is 15.5 Å². The first-order chi connectivity index (χ1) is 9.81. The number of nitrogens with one attached hydrogen (secondary N) is 1. The Balaban J connectivity index is 1.53. The van der Waals surface area contributed by atoms with Crippen molar-refractivity contribution in [2.24, 2.45) is 0 Å². The Morgan fingerprint density at radius 3 is 2.70 bits per heavy atom. The maximum atomic E-state index is 13.4. The molecule has 1 aromatic carbocycles. The molecule has 1 aromatic heterocycles. The van der Waals surface area contributed by atoms with Crippen molar-refractivity contribution >= 4 is 0 Å². The maximum Gasteiger partial charge on any atom is 0.233 e. The molecule has 20 heavy (non-hydrogen) atoms. The van der Waals surface area contributed by atoms with Crippen LogP contribution in [0.4, 0.5) is 4.39 Å². The molecule has 0 spiro atoms. The van der Waals surface area contributed by atoms with Crippen molar-refractivity contribution in [3.05, 3.63) is 53.5 Å². The standard InChI is InChI=1S/C15H16FN3O/c16-14-4-2-1-3-11(14)10-20-15-8-7-13(18-19-15)9-17-12-5-6-12/h1-4,7-8,12,17H,5-6,9-10H2. The summed E-state index contributed by atoms with van der Waals surface area (Å²) in [5, 5.41) is 11.4. The van der Waals surface area contributed by atoms with Crippen LogP contribution in [0, 0.1) is 5.82 Å². The number of nitrogens with zero attached hydrogens (tertiary/aromatic N) is 2. The summed E-state index contributed by atoms with van der Waals surface area (Å²) in [7, 11) is 0. The van der Waals surface area contributed by atoms with Gasteiger partial charge < -0.3 is 10.1 Å². The molecule has 104 valence electrons. The number of hydrogen-bond donors (Lipinski definition) is 1. The highest BCUT2D eigenvalue weighted by atomic mass is 19.1. The highest BCUT2D eigenvalue weighted by Gasteiger charge is 2.20. The van der Waals surface area contributed by atoms with Gasteiger partial charge in [-0.2, -0.15) is 5.10 Å². The minimum absolute atomic E-state index is 0.154. The van der Waals surface area contributed by atoms with Crippen LogP contribution in [0.1, 0.15) is 24.1 Å². The lowest BCUT2D eigenvalue weighted by atomic mass is 10.2. The van der Waals surface area contributed by atoms with Crippen LogP contribution in [-0.4, -0.2) is 16.2 Å². The Hall–Kier alpha value is -2.01. The van der Waals surface area contributed by atoms with Gasteiger partial charge in [0.25, 0.3) is 0 Å². The van der Waals surface area contributed by atoms with Gasteiger partial charge in [-0.15, -0.1) is 5.10 Å². The lowest BCUT2D eigenvalue weighted by Crippen LogP contribution is -2.16. The van der Waals surface area contributed by atoms with Gasteiger partial charge in [0.15, 0.2) is 0 Å². The van der Waals surface area contributed by atoms with Crippen LogP contribution in [0.3, 0.4) is 0 Å². The summed E-state index contributed by atoms with van der Waals surface area (Å²) in [6.45, 7) is 0.881. The molecule has 0 amide bonds. The molecule has 1 N–H and O–H groups in total. The fourth-order valence-corrected chi connectivity index (χ4v) is 1.82. The predicted octanol–water partition coefficient (Wildman–Crippen LogP) is 2.45. The fourth-order valence-electron chi connectivity index (χ4n) is 1.82. The van der Waals surface area contributed by atoms with E-state index in [1.165, 1.54) is 18.9 Å². The molecular weight excluding hydrogens is 257 g/mol. The van der Waals surface area contributed by atoms with E-state index in [1.54, 1.807) is 24.3 Å². The Kier molecular flexibility index (Phi) is 3.87. The van der Waals surface area contributed by atoms with Gasteiger partial charge in [-0.3, -0.25) is 0 Å². The molecule has 1 saturated carbocycles. The second-order valence-corrected chi connectivity index (χ2v) is 4.90. The van der Waals surface area contributed by atoms with Crippen LogP contribution in [0.15, 0.2) is 36.4 Å². The van der Waals surface area contributed by atoms with E-state index in [4.69, 9.17) is 4.74 Å². The zero-order chi connectivity index (χ0) is 13.8. The molecule has 0 atom stereocenters. The van der Waals surface area contributed by atoms with Crippen LogP contribution in [-0.2, 0) is 13.2 Å². The topological polar surface area (TPSA) is 47.0 Å². The van der Waals surface area contributed by atoms with Gasteiger partial charge in [-0.05, 0) is 25.0 Å². The first kappa shape index (κ1) is 13.0. The van der Waals surface area contributed by atoms with Crippen molar-refractivity contribution < 1.29 is 9.13 Å². The highest BCUT2D eigenvalue weighted by Crippen LogP contribution is 2.19. The second kappa shape index (κ2) is 5.96. The van der Waals surface area contributed by atoms with Crippen LogP contribution in [0.25, 0.3) is 0 Å². The minimum atomic E-state index is -0.272. The van der Waals surface area contributed by atoms with Crippen molar-refractivity contribution in [3.8, 4) is 5.88 Å². The molecule has 3 rings (SSSR count). The van der Waals surface area contributed by atoms with Gasteiger partial charge in [0.05, 0.1) is 5.69 Å². The van der Waals surface area contributed by atoms with Crippen molar-refractivity contribution in [3.63, 3.8) is 0 Å². The normalized spacial score (nSPS) is 14.2. The van der Waals surface area contributed by atoms with Crippen molar-refractivity contribution in [2.75, 3.05) is 0 Å². The summed E-state index contributed by atoms with van der Waals surface area (Å²) in [6.07, 6.45) is 2.49. The third-order valence-electron chi connectivity index (χ3n) is 3.18. The zero-order valence-electron chi connectivity index (χ0n) is 11.1. The smallest absolute Gasteiger partial charge is 0.233 e. The number of aromatic nitrogens is 2. The summed E-state index contributed by atoms with van der Waals surface area (Å²) in [5.41, 5.74) is 1.39. The minimum Gasteiger partial charge on any atom is -0.472 e. The van der Waals surface area contributed by atoms with Crippen LogP contribution in [0.2, 0.25) is 0 Å². The third-order valence-corrected chi connectivity index (χ3v) is 3.18. The SMILES string of the molecule is Fc1ccccc1COc1ccc(CNC2CC2)nn1. The largest absolute Gasteiger partial charge is 0.472 e. The summed E-state index contributed by atoms with van der Waals surface area (Å²) >= 11 is 0. The molecule has 0 aliphatic heterocycles. The lowest BCUT2D eigenvalue weighted by Gasteiger charge is -2.06. The van der Waals surface area contributed by atoms with E-state index in [0.717, 1.165) is 12.2 Å². The third kappa shape index (κ3) is 3.51. The predicted molar refractivity (Wildman–Crippen MR) is 72.6 cm³/mol. The monoisotopic (exact) mass is 273 g/mol. The first-order valence-electron chi connectivity index (χ1n) is 6.73. The zero-order valence-corrected chi connectivity index (χ0v) is 11.1. The molecule has 0 unspecified atom stereocenters. The van der Waals surface area contributed by atoms with Gasteiger partial charge in [-0.1, -0.05) is 18.2 Å². The Labute approximate surface area is 117 Å². The van der Waals surface area contributed by atoms with E-state index in [0.29, 0.717) is 17.5 Å². The number of ether oxygens (including phenoxy) is 1. The summed E-state index contributed by atoms with van der Waals surface area (Å²) in [5.74, 6) is 0.133. The van der Waals surface area contributed by atoms with E-state index in [1.807, 2.05) is 6.07 Å². The van der Waals surface area contributed by atoms with Crippen LogP contribution in [0.5, 0.6) is 5.88 Å². The van der Waals surface area contributed by atoms with Crippen LogP contribution >= 0.6 is 0 Å². The molecule has 0 saturated heterocycles. The molecule has 1 aliphatic rings. The van der Waals surface area contributed by atoms with E-state index < -0.39 is 0 Å². The molecule has 1 fully saturated rings. The maximum absolute atomic E-state index is 13.4. The van der Waals surface area contributed by atoms with Crippen molar-refractivity contribution in [1.82, 2.24) is 15.5 Å². The van der Waals surface area contributed by atoms with Crippen molar-refractivity contribution in [2.45, 2.75) is 32.0 Å². The van der Waals surface area contributed by atoms with Gasteiger partial charge in [-0.25, -0.2) is 4.39 Å². The van der Waals surface area contributed by atoms with Gasteiger partial charge in [0.1, 0.15) is 12.4 Å². The average molecular weight is 273 g/mol. The van der Waals surface area contributed by atoms with E-state index in [-0.39, 0.29) is 12.4 Å². The molecule has 0 bridgehead atoms. The Morgan fingerprint density at radius 1 is 1.15 bits per heavy atom. The number of halogens is 1. The second-order valence-electron chi connectivity index (χ2n) is 4.90. The quantitative estimate of drug-likeness (QED) is 0.878. The number of benzene rings is 1. The Bertz CT molecular complexity index is 570. The number of hydrogen-bond acceptors (Lipinski definition) is 4. The molecule has 5 heteroatoms. The summed E-state index contributed by atoms with van der Waals surface area (Å²) < 4.78 is 18.8. The van der Waals surface area contributed by atoms with Crippen LogP contribution < -0.4 is 10.1 Å². The Morgan fingerprint density at radius 2 is 2.00 bits per heavy atom. The van der Waals surface area contributed by atoms with Gasteiger partial charge in [0.2, 0.25) is 5.88 Å². The average Bonchev–Trinajstić information content (AvgIpc) is 3.30. The first-order valence-corrected chi connectivity index (χ1v) is 6.73.